The Morgan fingerprint density at radius 2 is 1.83 bits per heavy atom. The van der Waals surface area contributed by atoms with Gasteiger partial charge in [-0.1, -0.05) is 29.3 Å². The van der Waals surface area contributed by atoms with Gasteiger partial charge in [0.1, 0.15) is 5.82 Å². The van der Waals surface area contributed by atoms with Crippen LogP contribution in [0.1, 0.15) is 11.1 Å². The fourth-order valence-corrected chi connectivity index (χ4v) is 2.18. The fourth-order valence-electron chi connectivity index (χ4n) is 1.83. The van der Waals surface area contributed by atoms with Crippen molar-refractivity contribution in [2.24, 2.45) is 0 Å². The number of alkyl halides is 3. The van der Waals surface area contributed by atoms with E-state index in [1.807, 2.05) is 0 Å². The van der Waals surface area contributed by atoms with E-state index in [1.165, 1.54) is 12.1 Å². The average Bonchev–Trinajstić information content (AvgIpc) is 2.50. The van der Waals surface area contributed by atoms with Gasteiger partial charge in [0.05, 0.1) is 21.3 Å². The highest BCUT2D eigenvalue weighted by Crippen LogP contribution is 2.31. The Bertz CT molecular complexity index is 766. The molecule has 0 heterocycles. The van der Waals surface area contributed by atoms with Gasteiger partial charge in [-0.15, -0.1) is 0 Å². The van der Waals surface area contributed by atoms with Crippen LogP contribution < -0.4 is 10.6 Å². The molecule has 9 heteroatoms. The summed E-state index contributed by atoms with van der Waals surface area (Å²) in [6, 6.07) is 5.76. The van der Waals surface area contributed by atoms with E-state index in [1.54, 1.807) is 6.07 Å². The molecule has 2 N–H and O–H groups in total. The van der Waals surface area contributed by atoms with E-state index in [-0.39, 0.29) is 21.3 Å². The molecule has 0 radical (unpaired) electrons. The number of hydrogen-bond acceptors (Lipinski definition) is 1. The number of nitrogens with one attached hydrogen (secondary N) is 2. The molecule has 128 valence electrons. The van der Waals surface area contributed by atoms with Gasteiger partial charge in [-0.3, -0.25) is 0 Å². The minimum absolute atomic E-state index is 0.111. The minimum Gasteiger partial charge on any atom is -0.334 e. The van der Waals surface area contributed by atoms with Gasteiger partial charge in [0.15, 0.2) is 0 Å². The van der Waals surface area contributed by atoms with Crippen molar-refractivity contribution in [3.63, 3.8) is 0 Å². The van der Waals surface area contributed by atoms with Gasteiger partial charge in [0.25, 0.3) is 0 Å². The Hall–Kier alpha value is -1.99. The first-order valence-electron chi connectivity index (χ1n) is 6.53. The first-order chi connectivity index (χ1) is 11.2. The van der Waals surface area contributed by atoms with Gasteiger partial charge >= 0.3 is 12.2 Å². The van der Waals surface area contributed by atoms with Gasteiger partial charge in [0, 0.05) is 12.1 Å². The maximum absolute atomic E-state index is 13.6. The number of carbonyl (C=O) groups excluding carboxylic acids is 1. The summed E-state index contributed by atoms with van der Waals surface area (Å²) in [7, 11) is 0. The van der Waals surface area contributed by atoms with E-state index in [0.29, 0.717) is 18.2 Å². The van der Waals surface area contributed by atoms with E-state index >= 15 is 0 Å². The number of amides is 2. The normalized spacial score (nSPS) is 11.2. The van der Waals surface area contributed by atoms with E-state index < -0.39 is 30.1 Å². The highest BCUT2D eigenvalue weighted by Gasteiger charge is 2.31. The van der Waals surface area contributed by atoms with Crippen molar-refractivity contribution in [3.8, 4) is 0 Å². The van der Waals surface area contributed by atoms with Gasteiger partial charge < -0.3 is 10.6 Å². The van der Waals surface area contributed by atoms with Crippen LogP contribution in [0.15, 0.2) is 36.4 Å². The maximum Gasteiger partial charge on any atom is 0.416 e. The Morgan fingerprint density at radius 1 is 1.12 bits per heavy atom. The Balaban J connectivity index is 2.05. The highest BCUT2D eigenvalue weighted by atomic mass is 35.5. The lowest BCUT2D eigenvalue weighted by Gasteiger charge is -2.12. The molecule has 0 aliphatic heterocycles. The van der Waals surface area contributed by atoms with Gasteiger partial charge in [0.2, 0.25) is 0 Å². The summed E-state index contributed by atoms with van der Waals surface area (Å²) < 4.78 is 51.4. The highest BCUT2D eigenvalue weighted by molar-refractivity contribution is 6.43. The zero-order chi connectivity index (χ0) is 17.9. The second-order valence-corrected chi connectivity index (χ2v) is 5.50. The number of carbonyl (C=O) groups is 1. The van der Waals surface area contributed by atoms with Crippen LogP contribution in [0.4, 0.5) is 28.0 Å². The van der Waals surface area contributed by atoms with Gasteiger partial charge in [-0.25, -0.2) is 9.18 Å². The molecule has 0 spiro atoms. The lowest BCUT2D eigenvalue weighted by atomic mass is 10.1. The van der Waals surface area contributed by atoms with E-state index in [0.717, 1.165) is 0 Å². The van der Waals surface area contributed by atoms with Crippen LogP contribution in [0.25, 0.3) is 0 Å². The molecule has 0 aliphatic carbocycles. The molecule has 0 aliphatic rings. The SMILES string of the molecule is O=C(NCc1cc(C(F)(F)F)ccc1F)Nc1cccc(Cl)c1Cl. The standard InChI is InChI=1S/C15H10Cl2F4N2O/c16-10-2-1-3-12(13(10)17)23-14(24)22-7-8-6-9(15(19,20)21)4-5-11(8)18/h1-6H,7H2,(H2,22,23,24). The summed E-state index contributed by atoms with van der Waals surface area (Å²) in [6.45, 7) is -0.431. The molecule has 0 fully saturated rings. The molecule has 2 aromatic carbocycles. The zero-order valence-corrected chi connectivity index (χ0v) is 13.4. The molecule has 0 atom stereocenters. The van der Waals surface area contributed by atoms with Gasteiger partial charge in [-0.05, 0) is 30.3 Å². The van der Waals surface area contributed by atoms with Crippen LogP contribution >= 0.6 is 23.2 Å². The molecular formula is C15H10Cl2F4N2O. The Kier molecular flexibility index (Phi) is 5.56. The molecule has 2 aromatic rings. The van der Waals surface area contributed by atoms with Crippen molar-refractivity contribution < 1.29 is 22.4 Å². The van der Waals surface area contributed by atoms with Crippen molar-refractivity contribution in [2.45, 2.75) is 12.7 Å². The number of hydrogen-bond donors (Lipinski definition) is 2. The largest absolute Gasteiger partial charge is 0.416 e. The Morgan fingerprint density at radius 3 is 2.50 bits per heavy atom. The first-order valence-corrected chi connectivity index (χ1v) is 7.28. The third-order valence-electron chi connectivity index (χ3n) is 3.01. The van der Waals surface area contributed by atoms with E-state index in [2.05, 4.69) is 10.6 Å². The molecule has 3 nitrogen and oxygen atoms in total. The second-order valence-electron chi connectivity index (χ2n) is 4.71. The monoisotopic (exact) mass is 380 g/mol. The van der Waals surface area contributed by atoms with Crippen molar-refractivity contribution in [1.29, 1.82) is 0 Å². The predicted molar refractivity (Wildman–Crippen MR) is 83.7 cm³/mol. The third-order valence-corrected chi connectivity index (χ3v) is 3.83. The summed E-state index contributed by atoms with van der Waals surface area (Å²) in [5, 5.41) is 4.96. The van der Waals surface area contributed by atoms with Crippen LogP contribution in [0, 0.1) is 5.82 Å². The lowest BCUT2D eigenvalue weighted by Crippen LogP contribution is -2.28. The summed E-state index contributed by atoms with van der Waals surface area (Å²) in [5.41, 5.74) is -1.08. The van der Waals surface area contributed by atoms with E-state index in [4.69, 9.17) is 23.2 Å². The number of anilines is 1. The molecule has 0 saturated carbocycles. The number of benzene rings is 2. The summed E-state index contributed by atoms with van der Waals surface area (Å²) in [4.78, 5) is 11.8. The third kappa shape index (κ3) is 4.52. The maximum atomic E-state index is 13.6. The molecule has 0 aromatic heterocycles. The average molecular weight is 381 g/mol. The molecule has 0 unspecified atom stereocenters. The van der Waals surface area contributed by atoms with Crippen LogP contribution in [-0.4, -0.2) is 6.03 Å². The van der Waals surface area contributed by atoms with Crippen molar-refractivity contribution in [2.75, 3.05) is 5.32 Å². The fraction of sp³-hybridized carbons (Fsp3) is 0.133. The van der Waals surface area contributed by atoms with Crippen LogP contribution in [0.2, 0.25) is 10.0 Å². The van der Waals surface area contributed by atoms with Crippen molar-refractivity contribution >= 4 is 34.9 Å². The smallest absolute Gasteiger partial charge is 0.334 e. The second kappa shape index (κ2) is 7.27. The molecule has 2 rings (SSSR count). The van der Waals surface area contributed by atoms with Gasteiger partial charge in [-0.2, -0.15) is 13.2 Å². The number of halogens is 6. The molecular weight excluding hydrogens is 371 g/mol. The molecule has 2 amide bonds. The van der Waals surface area contributed by atoms with Crippen molar-refractivity contribution in [3.05, 3.63) is 63.4 Å². The Labute approximate surface area is 144 Å². The van der Waals surface area contributed by atoms with Crippen LogP contribution in [0.3, 0.4) is 0 Å². The van der Waals surface area contributed by atoms with Crippen LogP contribution in [-0.2, 0) is 12.7 Å². The molecule has 0 saturated heterocycles. The first kappa shape index (κ1) is 18.4. The number of urea groups is 1. The minimum atomic E-state index is -4.60. The summed E-state index contributed by atoms with van der Waals surface area (Å²) in [5.74, 6) is -0.857. The molecule has 0 bridgehead atoms. The lowest BCUT2D eigenvalue weighted by molar-refractivity contribution is -0.137. The summed E-state index contributed by atoms with van der Waals surface area (Å²) >= 11 is 11.7. The predicted octanol–water partition coefficient (Wildman–Crippen LogP) is 5.47. The summed E-state index contributed by atoms with van der Waals surface area (Å²) in [6.07, 6.45) is -4.60. The van der Waals surface area contributed by atoms with Crippen molar-refractivity contribution in [1.82, 2.24) is 5.32 Å². The zero-order valence-electron chi connectivity index (χ0n) is 11.8. The van der Waals surface area contributed by atoms with Crippen LogP contribution in [0.5, 0.6) is 0 Å². The topological polar surface area (TPSA) is 41.1 Å². The molecule has 24 heavy (non-hydrogen) atoms. The van der Waals surface area contributed by atoms with E-state index in [9.17, 15) is 22.4 Å². The quantitative estimate of drug-likeness (QED) is 0.680. The number of rotatable bonds is 3.